The zero-order valence-electron chi connectivity index (χ0n) is 18.5. The number of H-pyrrole nitrogens is 1. The van der Waals surface area contributed by atoms with Gasteiger partial charge >= 0.3 is 0 Å². The van der Waals surface area contributed by atoms with Crippen molar-refractivity contribution in [3.8, 4) is 22.5 Å². The third-order valence-electron chi connectivity index (χ3n) is 6.20. The lowest BCUT2D eigenvalue weighted by Crippen LogP contribution is -2.43. The maximum atomic E-state index is 6.48. The van der Waals surface area contributed by atoms with Gasteiger partial charge in [-0.15, -0.1) is 0 Å². The number of aromatic nitrogens is 4. The van der Waals surface area contributed by atoms with Crippen LogP contribution in [0.4, 0.5) is 17.5 Å². The minimum Gasteiger partial charge on any atom is -0.396 e. The summed E-state index contributed by atoms with van der Waals surface area (Å²) in [6.45, 7) is 9.12. The lowest BCUT2D eigenvalue weighted by molar-refractivity contribution is 0.152. The van der Waals surface area contributed by atoms with Gasteiger partial charge in [-0.05, 0) is 31.0 Å². The average Bonchev–Trinajstić information content (AvgIpc) is 3.02. The molecule has 4 N–H and O–H groups in total. The SMILES string of the molecule is Cc1c(-c2ccnc(-c3cnc(N4CCCOCC4)nc3)c2)[nH]c(N2CCNCC2)c1N. The van der Waals surface area contributed by atoms with E-state index in [2.05, 4.69) is 48.0 Å². The van der Waals surface area contributed by atoms with E-state index in [9.17, 15) is 0 Å². The smallest absolute Gasteiger partial charge is 0.225 e. The van der Waals surface area contributed by atoms with E-state index in [1.54, 1.807) is 0 Å². The van der Waals surface area contributed by atoms with Crippen molar-refractivity contribution in [2.75, 3.05) is 68.0 Å². The highest BCUT2D eigenvalue weighted by atomic mass is 16.5. The van der Waals surface area contributed by atoms with Crippen molar-refractivity contribution in [3.63, 3.8) is 0 Å². The van der Waals surface area contributed by atoms with Gasteiger partial charge in [0.15, 0.2) is 0 Å². The van der Waals surface area contributed by atoms with Crippen LogP contribution in [0.3, 0.4) is 0 Å². The zero-order valence-corrected chi connectivity index (χ0v) is 18.5. The summed E-state index contributed by atoms with van der Waals surface area (Å²) in [5, 5.41) is 3.38. The Bertz CT molecular complexity index is 1050. The van der Waals surface area contributed by atoms with Crippen molar-refractivity contribution in [1.82, 2.24) is 25.3 Å². The number of anilines is 3. The van der Waals surface area contributed by atoms with Crippen LogP contribution in [0.1, 0.15) is 12.0 Å². The number of piperazine rings is 1. The fraction of sp³-hybridized carbons (Fsp3) is 0.435. The molecule has 2 saturated heterocycles. The third kappa shape index (κ3) is 4.13. The molecule has 0 bridgehead atoms. The molecule has 0 aromatic carbocycles. The summed E-state index contributed by atoms with van der Waals surface area (Å²) in [6.07, 6.45) is 6.51. The van der Waals surface area contributed by atoms with Gasteiger partial charge in [0.2, 0.25) is 5.95 Å². The molecule has 0 radical (unpaired) electrons. The maximum absolute atomic E-state index is 6.48. The number of nitrogens with one attached hydrogen (secondary N) is 2. The summed E-state index contributed by atoms with van der Waals surface area (Å²) in [7, 11) is 0. The molecule has 0 unspecified atom stereocenters. The first-order valence-electron chi connectivity index (χ1n) is 11.3. The van der Waals surface area contributed by atoms with Crippen LogP contribution in [0.2, 0.25) is 0 Å². The van der Waals surface area contributed by atoms with Crippen LogP contribution in [0.5, 0.6) is 0 Å². The molecule has 5 heterocycles. The van der Waals surface area contributed by atoms with Crippen LogP contribution in [-0.2, 0) is 4.74 Å². The van der Waals surface area contributed by atoms with Crippen LogP contribution >= 0.6 is 0 Å². The molecule has 5 rings (SSSR count). The lowest BCUT2D eigenvalue weighted by atomic mass is 10.1. The van der Waals surface area contributed by atoms with Gasteiger partial charge in [-0.3, -0.25) is 4.98 Å². The molecular weight excluding hydrogens is 404 g/mol. The fourth-order valence-corrected chi connectivity index (χ4v) is 4.33. The molecule has 9 heteroatoms. The van der Waals surface area contributed by atoms with Crippen molar-refractivity contribution in [3.05, 3.63) is 36.3 Å². The molecular formula is C23H30N8O. The van der Waals surface area contributed by atoms with E-state index >= 15 is 0 Å². The second-order valence-electron chi connectivity index (χ2n) is 8.28. The van der Waals surface area contributed by atoms with Gasteiger partial charge in [-0.25, -0.2) is 9.97 Å². The second kappa shape index (κ2) is 9.13. The van der Waals surface area contributed by atoms with E-state index in [4.69, 9.17) is 10.5 Å². The number of ether oxygens (including phenoxy) is 1. The molecule has 32 heavy (non-hydrogen) atoms. The Morgan fingerprint density at radius 1 is 0.969 bits per heavy atom. The summed E-state index contributed by atoms with van der Waals surface area (Å²) in [5.41, 5.74) is 12.2. The summed E-state index contributed by atoms with van der Waals surface area (Å²) in [5.74, 6) is 1.75. The third-order valence-corrected chi connectivity index (χ3v) is 6.20. The monoisotopic (exact) mass is 434 g/mol. The first-order chi connectivity index (χ1) is 15.7. The number of hydrogen-bond donors (Lipinski definition) is 3. The standard InChI is InChI=1S/C23H30N8O/c1-16-20(24)22(30-8-5-25-6-9-30)29-21(16)17-3-4-26-19(13-17)18-14-27-23(28-15-18)31-7-2-11-32-12-10-31/h3-4,13-15,25,29H,2,5-12,24H2,1H3. The number of nitrogen functional groups attached to an aromatic ring is 1. The molecule has 3 aromatic rings. The summed E-state index contributed by atoms with van der Waals surface area (Å²) >= 11 is 0. The van der Waals surface area contributed by atoms with Crippen LogP contribution in [0.25, 0.3) is 22.5 Å². The first-order valence-corrected chi connectivity index (χ1v) is 11.3. The van der Waals surface area contributed by atoms with Crippen molar-refractivity contribution in [1.29, 1.82) is 0 Å². The minimum absolute atomic E-state index is 0.712. The van der Waals surface area contributed by atoms with Crippen molar-refractivity contribution >= 4 is 17.5 Å². The van der Waals surface area contributed by atoms with Crippen molar-refractivity contribution in [2.24, 2.45) is 0 Å². The Morgan fingerprint density at radius 3 is 2.59 bits per heavy atom. The van der Waals surface area contributed by atoms with Gasteiger partial charge < -0.3 is 30.6 Å². The van der Waals surface area contributed by atoms with Gasteiger partial charge in [-0.2, -0.15) is 0 Å². The topological polar surface area (TPSA) is 108 Å². The molecule has 0 saturated carbocycles. The Labute approximate surface area is 188 Å². The van der Waals surface area contributed by atoms with Crippen LogP contribution in [-0.4, -0.2) is 72.4 Å². The summed E-state index contributed by atoms with van der Waals surface area (Å²) in [4.78, 5) is 21.8. The molecule has 2 fully saturated rings. The Kier molecular flexibility index (Phi) is 5.91. The number of rotatable bonds is 4. The highest BCUT2D eigenvalue weighted by Crippen LogP contribution is 2.35. The van der Waals surface area contributed by atoms with Crippen molar-refractivity contribution in [2.45, 2.75) is 13.3 Å². The quantitative estimate of drug-likeness (QED) is 0.573. The summed E-state index contributed by atoms with van der Waals surface area (Å²) < 4.78 is 5.53. The Balaban J connectivity index is 1.40. The number of nitrogens with two attached hydrogens (primary N) is 1. The van der Waals surface area contributed by atoms with Gasteiger partial charge in [0.25, 0.3) is 0 Å². The second-order valence-corrected chi connectivity index (χ2v) is 8.28. The molecule has 9 nitrogen and oxygen atoms in total. The van der Waals surface area contributed by atoms with E-state index in [1.807, 2.05) is 24.7 Å². The number of hydrogen-bond acceptors (Lipinski definition) is 8. The maximum Gasteiger partial charge on any atom is 0.225 e. The highest BCUT2D eigenvalue weighted by molar-refractivity contribution is 5.81. The molecule has 2 aliphatic rings. The van der Waals surface area contributed by atoms with E-state index in [0.717, 1.165) is 97.8 Å². The van der Waals surface area contributed by atoms with E-state index in [1.165, 1.54) is 0 Å². The minimum atomic E-state index is 0.712. The van der Waals surface area contributed by atoms with Gasteiger partial charge in [0, 0.05) is 75.6 Å². The number of nitrogens with zero attached hydrogens (tertiary/aromatic N) is 5. The molecule has 2 aliphatic heterocycles. The zero-order chi connectivity index (χ0) is 21.9. The Morgan fingerprint density at radius 2 is 1.78 bits per heavy atom. The molecule has 168 valence electrons. The predicted octanol–water partition coefficient (Wildman–Crippen LogP) is 2.06. The molecule has 0 amide bonds. The van der Waals surface area contributed by atoms with Gasteiger partial charge in [0.05, 0.1) is 23.7 Å². The summed E-state index contributed by atoms with van der Waals surface area (Å²) in [6, 6.07) is 4.08. The van der Waals surface area contributed by atoms with E-state index in [0.29, 0.717) is 6.61 Å². The van der Waals surface area contributed by atoms with Gasteiger partial charge in [-0.1, -0.05) is 0 Å². The first kappa shape index (κ1) is 20.7. The van der Waals surface area contributed by atoms with Crippen LogP contribution in [0, 0.1) is 6.92 Å². The number of pyridine rings is 1. The largest absolute Gasteiger partial charge is 0.396 e. The van der Waals surface area contributed by atoms with Gasteiger partial charge in [0.1, 0.15) is 5.82 Å². The highest BCUT2D eigenvalue weighted by Gasteiger charge is 2.20. The Hall–Kier alpha value is -3.17. The fourth-order valence-electron chi connectivity index (χ4n) is 4.33. The predicted molar refractivity (Wildman–Crippen MR) is 127 cm³/mol. The molecule has 0 atom stereocenters. The number of aromatic amines is 1. The average molecular weight is 435 g/mol. The molecule has 0 aliphatic carbocycles. The lowest BCUT2D eigenvalue weighted by Gasteiger charge is -2.28. The molecule has 0 spiro atoms. The van der Waals surface area contributed by atoms with Crippen LogP contribution < -0.4 is 20.9 Å². The van der Waals surface area contributed by atoms with Crippen molar-refractivity contribution < 1.29 is 4.74 Å². The normalized spacial score (nSPS) is 17.4. The van der Waals surface area contributed by atoms with E-state index < -0.39 is 0 Å². The molecule has 3 aromatic heterocycles. The van der Waals surface area contributed by atoms with E-state index in [-0.39, 0.29) is 0 Å². The van der Waals surface area contributed by atoms with Crippen LogP contribution in [0.15, 0.2) is 30.7 Å².